The van der Waals surface area contributed by atoms with Gasteiger partial charge < -0.3 is 20.7 Å². The van der Waals surface area contributed by atoms with Crippen LogP contribution in [0.15, 0.2) is 30.6 Å². The van der Waals surface area contributed by atoms with Gasteiger partial charge in [-0.25, -0.2) is 9.97 Å². The number of hydrogen-bond acceptors (Lipinski definition) is 6. The molecular weight excluding hydrogens is 430 g/mol. The molecule has 0 unspecified atom stereocenters. The van der Waals surface area contributed by atoms with E-state index in [-0.39, 0.29) is 23.9 Å². The third kappa shape index (κ3) is 4.56. The van der Waals surface area contributed by atoms with Crippen molar-refractivity contribution in [2.24, 2.45) is 17.6 Å². The third-order valence-corrected chi connectivity index (χ3v) is 6.75. The molecule has 0 radical (unpaired) electrons. The number of hydrogen-bond donors (Lipinski definition) is 2. The van der Waals surface area contributed by atoms with E-state index in [9.17, 15) is 9.59 Å². The highest BCUT2D eigenvalue weighted by atomic mass is 35.5. The fourth-order valence-corrected chi connectivity index (χ4v) is 5.06. The number of aromatic nitrogens is 2. The first-order valence-electron chi connectivity index (χ1n) is 10.9. The maximum Gasteiger partial charge on any atom is 0.248 e. The van der Waals surface area contributed by atoms with Crippen LogP contribution in [0.5, 0.6) is 0 Å². The molecule has 8 nitrogen and oxygen atoms in total. The average molecular weight is 458 g/mol. The van der Waals surface area contributed by atoms with Gasteiger partial charge in [0.15, 0.2) is 0 Å². The van der Waals surface area contributed by atoms with Crippen molar-refractivity contribution in [2.45, 2.75) is 45.2 Å². The Hall–Kier alpha value is -2.71. The summed E-state index contributed by atoms with van der Waals surface area (Å²) in [5, 5.41) is 3.91. The van der Waals surface area contributed by atoms with Crippen LogP contribution in [0.2, 0.25) is 5.02 Å². The Morgan fingerprint density at radius 3 is 2.56 bits per heavy atom. The minimum atomic E-state index is -0.511. The smallest absolute Gasteiger partial charge is 0.248 e. The maximum atomic E-state index is 12.7. The molecule has 1 saturated heterocycles. The van der Waals surface area contributed by atoms with Crippen LogP contribution in [0, 0.1) is 11.8 Å². The number of benzene rings is 1. The van der Waals surface area contributed by atoms with Gasteiger partial charge in [0.05, 0.1) is 23.5 Å². The van der Waals surface area contributed by atoms with Gasteiger partial charge in [-0.2, -0.15) is 0 Å². The maximum absolute atomic E-state index is 12.7. The number of rotatable bonds is 5. The second-order valence-corrected chi connectivity index (χ2v) is 9.01. The second kappa shape index (κ2) is 9.42. The van der Waals surface area contributed by atoms with E-state index in [1.165, 1.54) is 0 Å². The summed E-state index contributed by atoms with van der Waals surface area (Å²) in [4.78, 5) is 35.1. The molecule has 32 heavy (non-hydrogen) atoms. The topological polar surface area (TPSA) is 110 Å². The molecule has 3 heterocycles. The lowest BCUT2D eigenvalue weighted by Crippen LogP contribution is -2.50. The van der Waals surface area contributed by atoms with E-state index in [2.05, 4.69) is 22.2 Å². The number of primary amides is 1. The first kappa shape index (κ1) is 22.5. The lowest BCUT2D eigenvalue weighted by molar-refractivity contribution is -0.117. The summed E-state index contributed by atoms with van der Waals surface area (Å²) in [6.45, 7) is 5.16. The Morgan fingerprint density at radius 2 is 1.94 bits per heavy atom. The third-order valence-electron chi connectivity index (χ3n) is 6.55. The molecule has 170 valence electrons. The number of nitrogens with one attached hydrogen (secondary N) is 1. The predicted molar refractivity (Wildman–Crippen MR) is 123 cm³/mol. The van der Waals surface area contributed by atoms with E-state index in [0.29, 0.717) is 22.5 Å². The van der Waals surface area contributed by atoms with Crippen LogP contribution in [-0.4, -0.2) is 41.0 Å². The fraction of sp³-hybridized carbons (Fsp3) is 0.478. The van der Waals surface area contributed by atoms with Gasteiger partial charge in [0.1, 0.15) is 0 Å². The summed E-state index contributed by atoms with van der Waals surface area (Å²) < 4.78 is 5.54. The number of halogens is 1. The normalized spacial score (nSPS) is 23.5. The van der Waals surface area contributed by atoms with Gasteiger partial charge in [-0.15, -0.1) is 0 Å². The number of carbonyl (C=O) groups is 2. The van der Waals surface area contributed by atoms with Crippen molar-refractivity contribution in [3.8, 4) is 0 Å². The summed E-state index contributed by atoms with van der Waals surface area (Å²) in [5.74, 6) is 0.445. The zero-order chi connectivity index (χ0) is 22.8. The van der Waals surface area contributed by atoms with Crippen LogP contribution < -0.4 is 16.0 Å². The molecule has 0 saturated carbocycles. The Labute approximate surface area is 192 Å². The van der Waals surface area contributed by atoms with E-state index in [1.807, 2.05) is 4.90 Å². The van der Waals surface area contributed by atoms with Crippen LogP contribution in [0.25, 0.3) is 0 Å². The van der Waals surface area contributed by atoms with E-state index < -0.39 is 5.91 Å². The Morgan fingerprint density at radius 1 is 1.25 bits per heavy atom. The molecule has 3 atom stereocenters. The van der Waals surface area contributed by atoms with Crippen molar-refractivity contribution in [3.63, 3.8) is 0 Å². The zero-order valence-electron chi connectivity index (χ0n) is 18.3. The monoisotopic (exact) mass is 457 g/mol. The van der Waals surface area contributed by atoms with Crippen LogP contribution >= 0.6 is 11.6 Å². The largest absolute Gasteiger partial charge is 0.381 e. The molecule has 2 aliphatic heterocycles. The van der Waals surface area contributed by atoms with Gasteiger partial charge >= 0.3 is 0 Å². The number of nitrogens with two attached hydrogens (primary N) is 1. The van der Waals surface area contributed by atoms with Crippen LogP contribution in [0.1, 0.15) is 55.1 Å². The van der Waals surface area contributed by atoms with Gasteiger partial charge in [-0.3, -0.25) is 9.59 Å². The number of ether oxygens (including phenoxy) is 1. The van der Waals surface area contributed by atoms with Crippen molar-refractivity contribution in [1.29, 1.82) is 0 Å². The molecule has 1 fully saturated rings. The standard InChI is InChI=1S/C23H28ClN5O3/c1-13-18(9-15-5-7-32-8-6-15)21(28-23-26-11-17(24)12-27-23)19-10-16(22(25)31)3-4-20(19)29(13)14(2)30/h3-4,10-13,15,18,21H,5-9H2,1-2H3,(H2,25,31)(H,26,27,28)/t13-,18-,21+/m0/s1. The van der Waals surface area contributed by atoms with Crippen LogP contribution in [0.3, 0.4) is 0 Å². The number of fused-ring (bicyclic) bond motifs is 1. The molecule has 1 aromatic heterocycles. The van der Waals surface area contributed by atoms with Gasteiger partial charge in [0.2, 0.25) is 17.8 Å². The molecule has 1 aromatic carbocycles. The van der Waals surface area contributed by atoms with Gasteiger partial charge in [0.25, 0.3) is 0 Å². The van der Waals surface area contributed by atoms with Crippen molar-refractivity contribution >= 4 is 35.1 Å². The van der Waals surface area contributed by atoms with Gasteiger partial charge in [-0.1, -0.05) is 11.6 Å². The van der Waals surface area contributed by atoms with Crippen LogP contribution in [-0.2, 0) is 9.53 Å². The quantitative estimate of drug-likeness (QED) is 0.710. The lowest BCUT2D eigenvalue weighted by atomic mass is 9.75. The van der Waals surface area contributed by atoms with Crippen molar-refractivity contribution < 1.29 is 14.3 Å². The number of amides is 2. The molecule has 0 spiro atoms. The predicted octanol–water partition coefficient (Wildman–Crippen LogP) is 3.57. The Bertz CT molecular complexity index is 994. The van der Waals surface area contributed by atoms with Crippen LogP contribution in [0.4, 0.5) is 11.6 Å². The first-order valence-corrected chi connectivity index (χ1v) is 11.3. The minimum absolute atomic E-state index is 0.0382. The van der Waals surface area contributed by atoms with E-state index >= 15 is 0 Å². The molecule has 0 aliphatic carbocycles. The summed E-state index contributed by atoms with van der Waals surface area (Å²) >= 11 is 5.97. The number of carbonyl (C=O) groups excluding carboxylic acids is 2. The highest BCUT2D eigenvalue weighted by molar-refractivity contribution is 6.30. The summed E-state index contributed by atoms with van der Waals surface area (Å²) in [5.41, 5.74) is 7.58. The van der Waals surface area contributed by atoms with Gasteiger partial charge in [-0.05, 0) is 55.9 Å². The fourth-order valence-electron chi connectivity index (χ4n) is 4.96. The minimum Gasteiger partial charge on any atom is -0.381 e. The average Bonchev–Trinajstić information content (AvgIpc) is 2.77. The van der Waals surface area contributed by atoms with E-state index in [4.69, 9.17) is 22.1 Å². The van der Waals surface area contributed by atoms with Crippen molar-refractivity contribution in [2.75, 3.05) is 23.4 Å². The van der Waals surface area contributed by atoms with Crippen molar-refractivity contribution in [3.05, 3.63) is 46.7 Å². The number of anilines is 2. The van der Waals surface area contributed by atoms with Gasteiger partial charge in [0, 0.05) is 43.3 Å². The Balaban J connectivity index is 1.79. The Kier molecular flexibility index (Phi) is 6.62. The van der Waals surface area contributed by atoms with Crippen molar-refractivity contribution in [1.82, 2.24) is 9.97 Å². The molecule has 2 aliphatic rings. The SMILES string of the molecule is CC(=O)N1c2ccc(C(N)=O)cc2[C@H](Nc2ncc(Cl)cn2)[C@@H](CC2CCOCC2)[C@@H]1C. The second-order valence-electron chi connectivity index (χ2n) is 8.57. The summed E-state index contributed by atoms with van der Waals surface area (Å²) in [6.07, 6.45) is 5.96. The molecule has 2 aromatic rings. The highest BCUT2D eigenvalue weighted by Crippen LogP contribution is 2.46. The molecule has 3 N–H and O–H groups in total. The van der Waals surface area contributed by atoms with E-state index in [0.717, 1.165) is 43.7 Å². The summed E-state index contributed by atoms with van der Waals surface area (Å²) in [6, 6.07) is 4.98. The lowest BCUT2D eigenvalue weighted by Gasteiger charge is -2.46. The summed E-state index contributed by atoms with van der Waals surface area (Å²) in [7, 11) is 0. The molecule has 2 amide bonds. The highest BCUT2D eigenvalue weighted by Gasteiger charge is 2.42. The number of nitrogens with zero attached hydrogens (tertiary/aromatic N) is 3. The zero-order valence-corrected chi connectivity index (χ0v) is 19.0. The molecular formula is C23H28ClN5O3. The molecule has 4 rings (SSSR count). The van der Waals surface area contributed by atoms with E-state index in [1.54, 1.807) is 37.5 Å². The molecule has 9 heteroatoms. The molecule has 0 bridgehead atoms. The first-order chi connectivity index (χ1) is 15.3.